The van der Waals surface area contributed by atoms with E-state index in [1.54, 1.807) is 0 Å². The van der Waals surface area contributed by atoms with Gasteiger partial charge in [0.15, 0.2) is 0 Å². The molecule has 0 aromatic carbocycles. The van der Waals surface area contributed by atoms with Gasteiger partial charge in [-0.05, 0) is 51.1 Å². The Morgan fingerprint density at radius 1 is 1.19 bits per heavy atom. The first-order valence-electron chi connectivity index (χ1n) is 7.16. The quantitative estimate of drug-likeness (QED) is 0.795. The van der Waals surface area contributed by atoms with E-state index in [1.165, 1.54) is 58.0 Å². The molecule has 2 nitrogen and oxygen atoms in total. The number of nitrogens with zero attached hydrogens (tertiary/aromatic N) is 1. The Kier molecular flexibility index (Phi) is 4.66. The number of aliphatic hydroxyl groups excluding tert-OH is 1. The number of rotatable bonds is 4. The molecule has 0 radical (unpaired) electrons. The zero-order valence-corrected chi connectivity index (χ0v) is 10.7. The highest BCUT2D eigenvalue weighted by Gasteiger charge is 2.24. The van der Waals surface area contributed by atoms with Gasteiger partial charge in [0.1, 0.15) is 0 Å². The topological polar surface area (TPSA) is 23.5 Å². The lowest BCUT2D eigenvalue weighted by Crippen LogP contribution is -2.40. The second-order valence-corrected chi connectivity index (χ2v) is 5.88. The molecule has 0 aromatic rings. The van der Waals surface area contributed by atoms with Gasteiger partial charge in [-0.2, -0.15) is 0 Å². The van der Waals surface area contributed by atoms with Crippen LogP contribution in [-0.4, -0.2) is 35.7 Å². The molecule has 2 fully saturated rings. The van der Waals surface area contributed by atoms with Crippen molar-refractivity contribution < 1.29 is 5.11 Å². The van der Waals surface area contributed by atoms with Crippen LogP contribution >= 0.6 is 0 Å². The normalized spacial score (nSPS) is 30.8. The van der Waals surface area contributed by atoms with E-state index in [0.717, 1.165) is 12.5 Å². The molecule has 2 atom stereocenters. The van der Waals surface area contributed by atoms with E-state index in [0.29, 0.717) is 5.92 Å². The molecule has 2 rings (SSSR count). The van der Waals surface area contributed by atoms with Crippen molar-refractivity contribution in [2.24, 2.45) is 11.8 Å². The molecule has 0 aromatic heterocycles. The van der Waals surface area contributed by atoms with Crippen LogP contribution < -0.4 is 0 Å². The number of hydrogen-bond acceptors (Lipinski definition) is 2. The highest BCUT2D eigenvalue weighted by Crippen LogP contribution is 2.28. The zero-order valence-electron chi connectivity index (χ0n) is 10.7. The molecule has 16 heavy (non-hydrogen) atoms. The van der Waals surface area contributed by atoms with Gasteiger partial charge < -0.3 is 10.0 Å². The monoisotopic (exact) mass is 225 g/mol. The molecule has 2 heteroatoms. The lowest BCUT2D eigenvalue weighted by Gasteiger charge is -2.34. The molecular weight excluding hydrogens is 198 g/mol. The van der Waals surface area contributed by atoms with E-state index in [2.05, 4.69) is 4.90 Å². The van der Waals surface area contributed by atoms with Gasteiger partial charge in [-0.1, -0.05) is 25.7 Å². The molecule has 0 amide bonds. The smallest absolute Gasteiger partial charge is 0.0552 e. The summed E-state index contributed by atoms with van der Waals surface area (Å²) in [6.45, 7) is 5.61. The first kappa shape index (κ1) is 12.4. The summed E-state index contributed by atoms with van der Waals surface area (Å²) in [4.78, 5) is 2.58. The highest BCUT2D eigenvalue weighted by molar-refractivity contribution is 4.77. The van der Waals surface area contributed by atoms with E-state index < -0.39 is 0 Å². The van der Waals surface area contributed by atoms with Crippen molar-refractivity contribution in [1.82, 2.24) is 4.90 Å². The molecule has 1 saturated carbocycles. The largest absolute Gasteiger partial charge is 0.393 e. The van der Waals surface area contributed by atoms with Crippen LogP contribution in [0.3, 0.4) is 0 Å². The lowest BCUT2D eigenvalue weighted by atomic mass is 9.93. The predicted molar refractivity (Wildman–Crippen MR) is 67.4 cm³/mol. The summed E-state index contributed by atoms with van der Waals surface area (Å²) >= 11 is 0. The van der Waals surface area contributed by atoms with Crippen molar-refractivity contribution in [1.29, 1.82) is 0 Å². The fraction of sp³-hybridized carbons (Fsp3) is 1.00. The van der Waals surface area contributed by atoms with Crippen molar-refractivity contribution in [3.8, 4) is 0 Å². The maximum absolute atomic E-state index is 9.65. The number of aliphatic hydroxyl groups is 1. The van der Waals surface area contributed by atoms with Crippen molar-refractivity contribution in [3.63, 3.8) is 0 Å². The van der Waals surface area contributed by atoms with Crippen LogP contribution in [0.1, 0.15) is 51.9 Å². The first-order valence-corrected chi connectivity index (χ1v) is 7.16. The minimum absolute atomic E-state index is 0.116. The van der Waals surface area contributed by atoms with Crippen molar-refractivity contribution >= 4 is 0 Å². The molecule has 0 spiro atoms. The predicted octanol–water partition coefficient (Wildman–Crippen LogP) is 2.66. The zero-order chi connectivity index (χ0) is 11.4. The molecule has 2 aliphatic rings. The minimum atomic E-state index is -0.116. The summed E-state index contributed by atoms with van der Waals surface area (Å²) in [5, 5.41) is 9.65. The average molecular weight is 225 g/mol. The molecular formula is C14H27NO. The first-order chi connectivity index (χ1) is 7.75. The second kappa shape index (κ2) is 6.02. The summed E-state index contributed by atoms with van der Waals surface area (Å²) in [7, 11) is 0. The van der Waals surface area contributed by atoms with Gasteiger partial charge in [-0.25, -0.2) is 0 Å². The maximum Gasteiger partial charge on any atom is 0.0552 e. The fourth-order valence-corrected chi connectivity index (χ4v) is 3.35. The molecule has 1 aliphatic carbocycles. The SMILES string of the molecule is CC(O)C1CCCN(CCC2CCCC2)C1. The summed E-state index contributed by atoms with van der Waals surface area (Å²) in [6.07, 6.45) is 9.63. The minimum Gasteiger partial charge on any atom is -0.393 e. The number of hydrogen-bond donors (Lipinski definition) is 1. The number of likely N-dealkylation sites (tertiary alicyclic amines) is 1. The van der Waals surface area contributed by atoms with Gasteiger partial charge >= 0.3 is 0 Å². The maximum atomic E-state index is 9.65. The molecule has 1 N–H and O–H groups in total. The van der Waals surface area contributed by atoms with Crippen LogP contribution in [0.2, 0.25) is 0 Å². The third-order valence-electron chi connectivity index (χ3n) is 4.55. The Morgan fingerprint density at radius 3 is 2.62 bits per heavy atom. The third-order valence-corrected chi connectivity index (χ3v) is 4.55. The third kappa shape index (κ3) is 3.46. The van der Waals surface area contributed by atoms with Crippen LogP contribution in [0.15, 0.2) is 0 Å². The molecule has 1 heterocycles. The molecule has 0 bridgehead atoms. The van der Waals surface area contributed by atoms with E-state index in [9.17, 15) is 5.11 Å². The lowest BCUT2D eigenvalue weighted by molar-refractivity contribution is 0.0607. The van der Waals surface area contributed by atoms with Gasteiger partial charge in [-0.15, -0.1) is 0 Å². The highest BCUT2D eigenvalue weighted by atomic mass is 16.3. The van der Waals surface area contributed by atoms with E-state index in [4.69, 9.17) is 0 Å². The van der Waals surface area contributed by atoms with Crippen molar-refractivity contribution in [3.05, 3.63) is 0 Å². The number of piperidine rings is 1. The van der Waals surface area contributed by atoms with Crippen molar-refractivity contribution in [2.75, 3.05) is 19.6 Å². The van der Waals surface area contributed by atoms with E-state index in [1.807, 2.05) is 6.92 Å². The molecule has 1 aliphatic heterocycles. The van der Waals surface area contributed by atoms with Crippen LogP contribution in [0.4, 0.5) is 0 Å². The van der Waals surface area contributed by atoms with Crippen LogP contribution in [0.5, 0.6) is 0 Å². The Balaban J connectivity index is 1.68. The Bertz CT molecular complexity index is 199. The van der Waals surface area contributed by atoms with Crippen molar-refractivity contribution in [2.45, 2.75) is 58.0 Å². The summed E-state index contributed by atoms with van der Waals surface area (Å²) < 4.78 is 0. The van der Waals surface area contributed by atoms with E-state index in [-0.39, 0.29) is 6.10 Å². The molecule has 2 unspecified atom stereocenters. The summed E-state index contributed by atoms with van der Waals surface area (Å²) in [5.41, 5.74) is 0. The summed E-state index contributed by atoms with van der Waals surface area (Å²) in [5.74, 6) is 1.53. The Hall–Kier alpha value is -0.0800. The second-order valence-electron chi connectivity index (χ2n) is 5.88. The van der Waals surface area contributed by atoms with Crippen LogP contribution in [0, 0.1) is 11.8 Å². The van der Waals surface area contributed by atoms with Crippen LogP contribution in [-0.2, 0) is 0 Å². The molecule has 1 saturated heterocycles. The summed E-state index contributed by atoms with van der Waals surface area (Å²) in [6, 6.07) is 0. The Labute approximate surface area is 100 Å². The van der Waals surface area contributed by atoms with Gasteiger partial charge in [0.25, 0.3) is 0 Å². The van der Waals surface area contributed by atoms with Gasteiger partial charge in [-0.3, -0.25) is 0 Å². The van der Waals surface area contributed by atoms with Gasteiger partial charge in [0, 0.05) is 6.54 Å². The Morgan fingerprint density at radius 2 is 1.94 bits per heavy atom. The van der Waals surface area contributed by atoms with E-state index >= 15 is 0 Å². The fourth-order valence-electron chi connectivity index (χ4n) is 3.35. The van der Waals surface area contributed by atoms with Gasteiger partial charge in [0.2, 0.25) is 0 Å². The van der Waals surface area contributed by atoms with Gasteiger partial charge in [0.05, 0.1) is 6.10 Å². The standard InChI is InChI=1S/C14H27NO/c1-12(16)14-7-4-9-15(11-14)10-8-13-5-2-3-6-13/h12-14,16H,2-11H2,1H3. The molecule has 94 valence electrons. The van der Waals surface area contributed by atoms with Crippen LogP contribution in [0.25, 0.3) is 0 Å². The average Bonchev–Trinajstić information content (AvgIpc) is 2.79.